The van der Waals surface area contributed by atoms with Gasteiger partial charge in [0.15, 0.2) is 0 Å². The summed E-state index contributed by atoms with van der Waals surface area (Å²) in [5, 5.41) is 0.108. The van der Waals surface area contributed by atoms with Gasteiger partial charge in [0.25, 0.3) is 0 Å². The fourth-order valence-corrected chi connectivity index (χ4v) is 1.85. The van der Waals surface area contributed by atoms with Gasteiger partial charge in [0, 0.05) is 6.20 Å². The molecule has 100 valence electrons. The van der Waals surface area contributed by atoms with Crippen molar-refractivity contribution in [3.8, 4) is 0 Å². The van der Waals surface area contributed by atoms with Crippen molar-refractivity contribution in [3.05, 3.63) is 58.4 Å². The first-order valence-corrected chi connectivity index (χ1v) is 6.16. The predicted molar refractivity (Wildman–Crippen MR) is 71.9 cm³/mol. The van der Waals surface area contributed by atoms with E-state index < -0.39 is 5.82 Å². The van der Waals surface area contributed by atoms with E-state index in [1.54, 1.807) is 18.5 Å². The van der Waals surface area contributed by atoms with Crippen LogP contribution < -0.4 is 11.3 Å². The largest absolute Gasteiger partial charge is 0.271 e. The van der Waals surface area contributed by atoms with Crippen LogP contribution in [0.3, 0.4) is 0 Å². The molecule has 2 aromatic rings. The van der Waals surface area contributed by atoms with E-state index in [-0.39, 0.29) is 11.1 Å². The summed E-state index contributed by atoms with van der Waals surface area (Å²) in [6.07, 6.45) is 3.83. The Kier molecular flexibility index (Phi) is 4.42. The van der Waals surface area contributed by atoms with E-state index in [4.69, 9.17) is 17.4 Å². The van der Waals surface area contributed by atoms with Crippen LogP contribution in [0.2, 0.25) is 5.02 Å². The zero-order valence-corrected chi connectivity index (χ0v) is 11.2. The average Bonchev–Trinajstić information content (AvgIpc) is 2.41. The number of hydrogen-bond acceptors (Lipinski definition) is 4. The van der Waals surface area contributed by atoms with E-state index in [9.17, 15) is 4.39 Å². The van der Waals surface area contributed by atoms with Gasteiger partial charge in [0.1, 0.15) is 5.82 Å². The van der Waals surface area contributed by atoms with Crippen molar-refractivity contribution in [2.45, 2.75) is 19.4 Å². The Bertz CT molecular complexity index is 559. The lowest BCUT2D eigenvalue weighted by atomic mass is 10.0. The van der Waals surface area contributed by atoms with Gasteiger partial charge in [0.2, 0.25) is 0 Å². The fraction of sp³-hybridized carbons (Fsp3) is 0.231. The number of nitrogens with two attached hydrogens (primary N) is 1. The fourth-order valence-electron chi connectivity index (χ4n) is 1.73. The van der Waals surface area contributed by atoms with Gasteiger partial charge in [-0.3, -0.25) is 21.2 Å². The maximum Gasteiger partial charge on any atom is 0.142 e. The molecule has 0 fully saturated rings. The van der Waals surface area contributed by atoms with Crippen LogP contribution in [-0.2, 0) is 6.42 Å². The molecule has 1 atom stereocenters. The van der Waals surface area contributed by atoms with Crippen LogP contribution in [0.1, 0.15) is 23.0 Å². The van der Waals surface area contributed by atoms with E-state index in [2.05, 4.69) is 15.4 Å². The number of rotatable bonds is 4. The lowest BCUT2D eigenvalue weighted by molar-refractivity contribution is 0.533. The molecule has 0 radical (unpaired) electrons. The van der Waals surface area contributed by atoms with Crippen LogP contribution in [-0.4, -0.2) is 9.97 Å². The normalized spacial score (nSPS) is 12.4. The van der Waals surface area contributed by atoms with Crippen molar-refractivity contribution >= 4 is 11.6 Å². The highest BCUT2D eigenvalue weighted by molar-refractivity contribution is 6.30. The van der Waals surface area contributed by atoms with Gasteiger partial charge >= 0.3 is 0 Å². The predicted octanol–water partition coefficient (Wildman–Crippen LogP) is 2.32. The standard InChI is InChI=1S/C13H14ClFN4/c1-8-6-18-13(7-17-8)12(19-16)5-9-2-3-10(14)11(15)4-9/h2-4,6-7,12,19H,5,16H2,1H3. The van der Waals surface area contributed by atoms with Crippen molar-refractivity contribution in [1.29, 1.82) is 0 Å². The Labute approximate surface area is 115 Å². The molecule has 0 bridgehead atoms. The van der Waals surface area contributed by atoms with Crippen molar-refractivity contribution in [2.24, 2.45) is 5.84 Å². The molecule has 1 aromatic carbocycles. The smallest absolute Gasteiger partial charge is 0.142 e. The zero-order valence-electron chi connectivity index (χ0n) is 10.4. The molecule has 0 spiro atoms. The average molecular weight is 281 g/mol. The number of aromatic nitrogens is 2. The summed E-state index contributed by atoms with van der Waals surface area (Å²) >= 11 is 5.65. The summed E-state index contributed by atoms with van der Waals surface area (Å²) in [5.41, 5.74) is 4.99. The molecule has 19 heavy (non-hydrogen) atoms. The second-order valence-electron chi connectivity index (χ2n) is 4.25. The molecule has 4 nitrogen and oxygen atoms in total. The lowest BCUT2D eigenvalue weighted by Gasteiger charge is -2.15. The summed E-state index contributed by atoms with van der Waals surface area (Å²) in [6.45, 7) is 1.86. The molecule has 0 aliphatic carbocycles. The lowest BCUT2D eigenvalue weighted by Crippen LogP contribution is -2.30. The molecule has 0 amide bonds. The SMILES string of the molecule is Cc1cnc(C(Cc2ccc(Cl)c(F)c2)NN)cn1. The molecular weight excluding hydrogens is 267 g/mol. The van der Waals surface area contributed by atoms with Crippen molar-refractivity contribution in [1.82, 2.24) is 15.4 Å². The van der Waals surface area contributed by atoms with Gasteiger partial charge in [-0.05, 0) is 31.0 Å². The van der Waals surface area contributed by atoms with Gasteiger partial charge in [0.05, 0.1) is 28.6 Å². The Balaban J connectivity index is 2.18. The van der Waals surface area contributed by atoms with E-state index in [0.717, 1.165) is 11.3 Å². The van der Waals surface area contributed by atoms with Crippen LogP contribution in [0.15, 0.2) is 30.6 Å². The Morgan fingerprint density at radius 2 is 2.16 bits per heavy atom. The molecule has 1 unspecified atom stereocenters. The summed E-state index contributed by atoms with van der Waals surface area (Å²) in [7, 11) is 0. The minimum absolute atomic E-state index is 0.108. The molecular formula is C13H14ClFN4. The highest BCUT2D eigenvalue weighted by atomic mass is 35.5. The molecule has 2 rings (SSSR count). The Morgan fingerprint density at radius 1 is 1.37 bits per heavy atom. The summed E-state index contributed by atoms with van der Waals surface area (Å²) in [5.74, 6) is 5.08. The van der Waals surface area contributed by atoms with E-state index in [1.807, 2.05) is 6.92 Å². The third-order valence-electron chi connectivity index (χ3n) is 2.78. The highest BCUT2D eigenvalue weighted by Crippen LogP contribution is 2.20. The number of nitrogens with zero attached hydrogens (tertiary/aromatic N) is 2. The quantitative estimate of drug-likeness (QED) is 0.666. The van der Waals surface area contributed by atoms with Gasteiger partial charge in [-0.2, -0.15) is 0 Å². The van der Waals surface area contributed by atoms with Crippen molar-refractivity contribution in [3.63, 3.8) is 0 Å². The molecule has 1 heterocycles. The zero-order chi connectivity index (χ0) is 13.8. The van der Waals surface area contributed by atoms with Crippen LogP contribution >= 0.6 is 11.6 Å². The van der Waals surface area contributed by atoms with Gasteiger partial charge in [-0.25, -0.2) is 4.39 Å². The van der Waals surface area contributed by atoms with E-state index >= 15 is 0 Å². The molecule has 3 N–H and O–H groups in total. The maximum absolute atomic E-state index is 13.4. The minimum Gasteiger partial charge on any atom is -0.271 e. The summed E-state index contributed by atoms with van der Waals surface area (Å²) < 4.78 is 13.4. The molecule has 0 aliphatic heterocycles. The van der Waals surface area contributed by atoms with Crippen LogP contribution in [0.25, 0.3) is 0 Å². The number of aryl methyl sites for hydroxylation is 1. The van der Waals surface area contributed by atoms with Gasteiger partial charge in [-0.1, -0.05) is 17.7 Å². The number of nitrogens with one attached hydrogen (secondary N) is 1. The Morgan fingerprint density at radius 3 is 2.74 bits per heavy atom. The van der Waals surface area contributed by atoms with Crippen molar-refractivity contribution < 1.29 is 4.39 Å². The summed E-state index contributed by atoms with van der Waals surface area (Å²) in [6, 6.07) is 4.46. The van der Waals surface area contributed by atoms with Crippen LogP contribution in [0, 0.1) is 12.7 Å². The molecule has 6 heteroatoms. The molecule has 0 aliphatic rings. The number of hydrazine groups is 1. The molecule has 0 saturated carbocycles. The number of benzene rings is 1. The minimum atomic E-state index is -0.440. The number of halogens is 2. The first kappa shape index (κ1) is 13.9. The Hall–Kier alpha value is -1.56. The van der Waals surface area contributed by atoms with Crippen LogP contribution in [0.4, 0.5) is 4.39 Å². The maximum atomic E-state index is 13.4. The van der Waals surface area contributed by atoms with Gasteiger partial charge in [-0.15, -0.1) is 0 Å². The third kappa shape index (κ3) is 3.47. The first-order valence-electron chi connectivity index (χ1n) is 5.78. The van der Waals surface area contributed by atoms with E-state index in [1.165, 1.54) is 12.1 Å². The van der Waals surface area contributed by atoms with Crippen molar-refractivity contribution in [2.75, 3.05) is 0 Å². The molecule has 0 saturated heterocycles. The summed E-state index contributed by atoms with van der Waals surface area (Å²) in [4.78, 5) is 8.43. The van der Waals surface area contributed by atoms with Gasteiger partial charge < -0.3 is 0 Å². The van der Waals surface area contributed by atoms with Crippen LogP contribution in [0.5, 0.6) is 0 Å². The molecule has 1 aromatic heterocycles. The second-order valence-corrected chi connectivity index (χ2v) is 4.66. The highest BCUT2D eigenvalue weighted by Gasteiger charge is 2.13. The first-order chi connectivity index (χ1) is 9.10. The topological polar surface area (TPSA) is 63.8 Å². The monoisotopic (exact) mass is 280 g/mol. The third-order valence-corrected chi connectivity index (χ3v) is 3.09. The van der Waals surface area contributed by atoms with E-state index in [0.29, 0.717) is 12.1 Å². The second kappa shape index (κ2) is 6.06. The number of hydrogen-bond donors (Lipinski definition) is 2.